The lowest BCUT2D eigenvalue weighted by atomic mass is 10.0. The van der Waals surface area contributed by atoms with E-state index in [-0.39, 0.29) is 18.0 Å². The molecule has 0 unspecified atom stereocenters. The van der Waals surface area contributed by atoms with Gasteiger partial charge < -0.3 is 10.6 Å². The van der Waals surface area contributed by atoms with Crippen LogP contribution in [0.3, 0.4) is 0 Å². The summed E-state index contributed by atoms with van der Waals surface area (Å²) in [4.78, 5) is 24.7. The monoisotopic (exact) mass is 328 g/mol. The van der Waals surface area contributed by atoms with E-state index in [1.54, 1.807) is 0 Å². The van der Waals surface area contributed by atoms with Gasteiger partial charge in [0.15, 0.2) is 0 Å². The molecule has 0 saturated heterocycles. The Labute approximate surface area is 141 Å². The summed E-state index contributed by atoms with van der Waals surface area (Å²) in [6.45, 7) is 5.87. The van der Waals surface area contributed by atoms with Crippen molar-refractivity contribution in [3.63, 3.8) is 0 Å². The number of hydrogen-bond acceptors (Lipinski definition) is 3. The Balaban J connectivity index is 1.76. The summed E-state index contributed by atoms with van der Waals surface area (Å²) in [5.41, 5.74) is 4.14. The maximum absolute atomic E-state index is 12.5. The Hall–Kier alpha value is -2.50. The molecule has 1 aromatic heterocycles. The molecule has 0 spiro atoms. The first-order valence-corrected chi connectivity index (χ1v) is 8.54. The molecule has 0 atom stereocenters. The van der Waals surface area contributed by atoms with Crippen LogP contribution in [0.25, 0.3) is 0 Å². The van der Waals surface area contributed by atoms with Crippen LogP contribution in [0, 0.1) is 6.92 Å². The van der Waals surface area contributed by atoms with Crippen LogP contribution < -0.4 is 16.2 Å². The van der Waals surface area contributed by atoms with E-state index in [1.165, 1.54) is 0 Å². The first kappa shape index (κ1) is 16.4. The number of aryl methyl sites for hydroxylation is 1. The predicted octanol–water partition coefficient (Wildman–Crippen LogP) is 2.18. The van der Waals surface area contributed by atoms with Crippen molar-refractivity contribution >= 4 is 11.6 Å². The molecule has 0 radical (unpaired) electrons. The number of benzene rings is 1. The first-order chi connectivity index (χ1) is 11.6. The van der Waals surface area contributed by atoms with E-state index in [9.17, 15) is 9.59 Å². The van der Waals surface area contributed by atoms with Gasteiger partial charge in [-0.05, 0) is 50.8 Å². The number of aromatic amines is 1. The van der Waals surface area contributed by atoms with Crippen molar-refractivity contribution in [2.75, 3.05) is 11.9 Å². The Morgan fingerprint density at radius 3 is 2.96 bits per heavy atom. The van der Waals surface area contributed by atoms with E-state index in [0.29, 0.717) is 11.1 Å². The standard InChI is InChI=1S/C18H24N4O2/c1-3-19-15-8-6-7-13(12(15)2)17(23)20-11-14-16-9-4-5-10-22(16)21-18(14)24/h6-8,19H,3-5,9-11H2,1-2H3,(H,20,23)(H,21,24). The van der Waals surface area contributed by atoms with Crippen LogP contribution in [0.5, 0.6) is 0 Å². The van der Waals surface area contributed by atoms with E-state index in [1.807, 2.05) is 36.7 Å². The largest absolute Gasteiger partial charge is 0.385 e. The van der Waals surface area contributed by atoms with Gasteiger partial charge in [0.25, 0.3) is 11.5 Å². The third-order valence-electron chi connectivity index (χ3n) is 4.60. The normalized spacial score (nSPS) is 13.4. The highest BCUT2D eigenvalue weighted by molar-refractivity contribution is 5.97. The molecule has 0 aliphatic carbocycles. The third kappa shape index (κ3) is 3.09. The van der Waals surface area contributed by atoms with Crippen LogP contribution in [-0.2, 0) is 19.5 Å². The minimum atomic E-state index is -0.151. The second-order valence-corrected chi connectivity index (χ2v) is 6.17. The molecule has 3 N–H and O–H groups in total. The van der Waals surface area contributed by atoms with E-state index in [4.69, 9.17) is 0 Å². The minimum Gasteiger partial charge on any atom is -0.385 e. The third-order valence-corrected chi connectivity index (χ3v) is 4.60. The van der Waals surface area contributed by atoms with Crippen LogP contribution in [0.2, 0.25) is 0 Å². The number of aromatic nitrogens is 2. The summed E-state index contributed by atoms with van der Waals surface area (Å²) in [6, 6.07) is 5.64. The molecule has 2 aromatic rings. The maximum atomic E-state index is 12.5. The Morgan fingerprint density at radius 2 is 2.17 bits per heavy atom. The Bertz CT molecular complexity index is 804. The summed E-state index contributed by atoms with van der Waals surface area (Å²) in [7, 11) is 0. The average molecular weight is 328 g/mol. The van der Waals surface area contributed by atoms with Gasteiger partial charge in [-0.2, -0.15) is 0 Å². The fraction of sp³-hybridized carbons (Fsp3) is 0.444. The van der Waals surface area contributed by atoms with Gasteiger partial charge in [0, 0.05) is 30.0 Å². The molecule has 1 aromatic carbocycles. The van der Waals surface area contributed by atoms with Crippen LogP contribution in [0.4, 0.5) is 5.69 Å². The molecule has 24 heavy (non-hydrogen) atoms. The van der Waals surface area contributed by atoms with Crippen molar-refractivity contribution in [1.29, 1.82) is 0 Å². The molecule has 2 heterocycles. The molecule has 6 heteroatoms. The van der Waals surface area contributed by atoms with E-state index in [0.717, 1.165) is 49.3 Å². The molecule has 3 rings (SSSR count). The van der Waals surface area contributed by atoms with Crippen molar-refractivity contribution in [3.05, 3.63) is 50.9 Å². The number of fused-ring (bicyclic) bond motifs is 1. The van der Waals surface area contributed by atoms with E-state index >= 15 is 0 Å². The number of nitrogens with zero attached hydrogens (tertiary/aromatic N) is 1. The number of anilines is 1. The zero-order valence-electron chi connectivity index (χ0n) is 14.2. The lowest BCUT2D eigenvalue weighted by molar-refractivity contribution is 0.0950. The quantitative estimate of drug-likeness (QED) is 0.787. The second-order valence-electron chi connectivity index (χ2n) is 6.17. The predicted molar refractivity (Wildman–Crippen MR) is 94.5 cm³/mol. The van der Waals surface area contributed by atoms with Crippen molar-refractivity contribution in [2.45, 2.75) is 46.2 Å². The highest BCUT2D eigenvalue weighted by atomic mass is 16.2. The average Bonchev–Trinajstić information content (AvgIpc) is 2.90. The summed E-state index contributed by atoms with van der Waals surface area (Å²) in [5, 5.41) is 9.02. The molecule has 128 valence electrons. The fourth-order valence-corrected chi connectivity index (χ4v) is 3.30. The van der Waals surface area contributed by atoms with Crippen LogP contribution in [-0.4, -0.2) is 22.2 Å². The van der Waals surface area contributed by atoms with Gasteiger partial charge in [0.2, 0.25) is 0 Å². The number of nitrogens with one attached hydrogen (secondary N) is 3. The fourth-order valence-electron chi connectivity index (χ4n) is 3.30. The van der Waals surface area contributed by atoms with Gasteiger partial charge in [0.05, 0.1) is 12.1 Å². The number of rotatable bonds is 5. The summed E-state index contributed by atoms with van der Waals surface area (Å²) >= 11 is 0. The van der Waals surface area contributed by atoms with Gasteiger partial charge in [0.1, 0.15) is 0 Å². The van der Waals surface area contributed by atoms with Crippen molar-refractivity contribution in [2.24, 2.45) is 0 Å². The van der Waals surface area contributed by atoms with Gasteiger partial charge in [-0.25, -0.2) is 0 Å². The van der Waals surface area contributed by atoms with Crippen LogP contribution >= 0.6 is 0 Å². The van der Waals surface area contributed by atoms with E-state index < -0.39 is 0 Å². The Morgan fingerprint density at radius 1 is 1.33 bits per heavy atom. The smallest absolute Gasteiger partial charge is 0.269 e. The van der Waals surface area contributed by atoms with E-state index in [2.05, 4.69) is 15.7 Å². The van der Waals surface area contributed by atoms with Gasteiger partial charge >= 0.3 is 0 Å². The molecular weight excluding hydrogens is 304 g/mol. The topological polar surface area (TPSA) is 78.9 Å². The molecule has 1 amide bonds. The molecule has 0 bridgehead atoms. The first-order valence-electron chi connectivity index (χ1n) is 8.54. The van der Waals surface area contributed by atoms with Crippen LogP contribution in [0.15, 0.2) is 23.0 Å². The summed E-state index contributed by atoms with van der Waals surface area (Å²) in [5.74, 6) is -0.151. The van der Waals surface area contributed by atoms with Crippen molar-refractivity contribution < 1.29 is 4.79 Å². The number of carbonyl (C=O) groups excluding carboxylic acids is 1. The van der Waals surface area contributed by atoms with Gasteiger partial charge in [-0.15, -0.1) is 0 Å². The number of H-pyrrole nitrogens is 1. The maximum Gasteiger partial charge on any atom is 0.269 e. The molecule has 1 aliphatic rings. The van der Waals surface area contributed by atoms with Gasteiger partial charge in [-0.3, -0.25) is 19.4 Å². The molecular formula is C18H24N4O2. The SMILES string of the molecule is CCNc1cccc(C(=O)NCc2c3n([nH]c2=O)CCCC3)c1C. The molecule has 0 saturated carbocycles. The summed E-state index contributed by atoms with van der Waals surface area (Å²) in [6.07, 6.45) is 3.06. The van der Waals surface area contributed by atoms with Crippen LogP contribution in [0.1, 0.15) is 46.9 Å². The van der Waals surface area contributed by atoms with Gasteiger partial charge in [-0.1, -0.05) is 6.07 Å². The number of hydrogen-bond donors (Lipinski definition) is 3. The van der Waals surface area contributed by atoms with Crippen molar-refractivity contribution in [1.82, 2.24) is 15.1 Å². The summed E-state index contributed by atoms with van der Waals surface area (Å²) < 4.78 is 1.92. The molecule has 0 fully saturated rings. The number of carbonyl (C=O) groups is 1. The Kier molecular flexibility index (Phi) is 4.74. The lowest BCUT2D eigenvalue weighted by Crippen LogP contribution is -2.27. The van der Waals surface area contributed by atoms with Crippen molar-refractivity contribution in [3.8, 4) is 0 Å². The zero-order chi connectivity index (χ0) is 17.1. The molecule has 1 aliphatic heterocycles. The highest BCUT2D eigenvalue weighted by Crippen LogP contribution is 2.19. The highest BCUT2D eigenvalue weighted by Gasteiger charge is 2.19. The molecule has 6 nitrogen and oxygen atoms in total. The second kappa shape index (κ2) is 6.95. The minimum absolute atomic E-state index is 0.0923. The zero-order valence-corrected chi connectivity index (χ0v) is 14.2. The number of amides is 1. The lowest BCUT2D eigenvalue weighted by Gasteiger charge is -2.15.